The van der Waals surface area contributed by atoms with E-state index in [9.17, 15) is 0 Å². The lowest BCUT2D eigenvalue weighted by Crippen LogP contribution is -2.60. The molecule has 0 aliphatic carbocycles. The number of hydrogen-bond donors (Lipinski definition) is 1. The molecule has 0 aromatic carbocycles. The molecule has 2 N–H and O–H groups in total. The van der Waals surface area contributed by atoms with Crippen molar-refractivity contribution in [3.05, 3.63) is 12.7 Å². The van der Waals surface area contributed by atoms with Crippen molar-refractivity contribution in [2.75, 3.05) is 40.3 Å². The van der Waals surface area contributed by atoms with Crippen molar-refractivity contribution < 1.29 is 0 Å². The lowest BCUT2D eigenvalue weighted by atomic mass is 9.88. The first-order valence-electron chi connectivity index (χ1n) is 5.35. The number of likely N-dealkylation sites (tertiary alicyclic amines) is 1. The third kappa shape index (κ3) is 2.35. The molecule has 3 heteroatoms. The Labute approximate surface area is 87.6 Å². The molecule has 0 aromatic rings. The van der Waals surface area contributed by atoms with Gasteiger partial charge in [-0.05, 0) is 33.5 Å². The molecule has 82 valence electrons. The molecule has 1 aliphatic rings. The summed E-state index contributed by atoms with van der Waals surface area (Å²) in [6.07, 6.45) is 4.43. The first kappa shape index (κ1) is 11.7. The smallest absolute Gasteiger partial charge is 0.0453 e. The van der Waals surface area contributed by atoms with E-state index in [-0.39, 0.29) is 5.54 Å². The molecule has 3 nitrogen and oxygen atoms in total. The van der Waals surface area contributed by atoms with Crippen molar-refractivity contribution in [2.24, 2.45) is 5.73 Å². The normalized spacial score (nSPS) is 29.4. The van der Waals surface area contributed by atoms with Gasteiger partial charge in [0.25, 0.3) is 0 Å². The van der Waals surface area contributed by atoms with Gasteiger partial charge in [-0.3, -0.25) is 4.90 Å². The highest BCUT2D eigenvalue weighted by atomic mass is 15.2. The Morgan fingerprint density at radius 2 is 2.29 bits per heavy atom. The van der Waals surface area contributed by atoms with E-state index < -0.39 is 0 Å². The van der Waals surface area contributed by atoms with E-state index in [4.69, 9.17) is 5.73 Å². The summed E-state index contributed by atoms with van der Waals surface area (Å²) >= 11 is 0. The van der Waals surface area contributed by atoms with Crippen molar-refractivity contribution in [1.82, 2.24) is 9.80 Å². The standard InChI is InChI=1S/C11H23N3/c1-4-7-14-8-5-6-11(9-12,10-14)13(2)3/h4H,1,5-10,12H2,2-3H3. The third-order valence-corrected chi connectivity index (χ3v) is 3.35. The predicted octanol–water partition coefficient (Wildman–Crippen LogP) is 0.527. The maximum Gasteiger partial charge on any atom is 0.0453 e. The van der Waals surface area contributed by atoms with Crippen LogP contribution in [0.5, 0.6) is 0 Å². The minimum Gasteiger partial charge on any atom is -0.329 e. The first-order valence-corrected chi connectivity index (χ1v) is 5.35. The van der Waals surface area contributed by atoms with Crippen LogP contribution < -0.4 is 5.73 Å². The summed E-state index contributed by atoms with van der Waals surface area (Å²) in [4.78, 5) is 4.71. The van der Waals surface area contributed by atoms with Crippen LogP contribution >= 0.6 is 0 Å². The molecule has 0 bridgehead atoms. The van der Waals surface area contributed by atoms with Crippen molar-refractivity contribution in [1.29, 1.82) is 0 Å². The summed E-state index contributed by atoms with van der Waals surface area (Å²) in [7, 11) is 4.26. The fraction of sp³-hybridized carbons (Fsp3) is 0.818. The second-order valence-electron chi connectivity index (χ2n) is 4.45. The summed E-state index contributed by atoms with van der Waals surface area (Å²) in [6.45, 7) is 7.77. The Kier molecular flexibility index (Phi) is 4.11. The number of piperidine rings is 1. The van der Waals surface area contributed by atoms with E-state index in [1.165, 1.54) is 19.4 Å². The molecule has 1 saturated heterocycles. The molecular weight excluding hydrogens is 174 g/mol. The molecule has 1 unspecified atom stereocenters. The SMILES string of the molecule is C=CCN1CCCC(CN)(N(C)C)C1. The molecule has 1 rings (SSSR count). The van der Waals surface area contributed by atoms with Gasteiger partial charge in [-0.15, -0.1) is 6.58 Å². The topological polar surface area (TPSA) is 32.5 Å². The van der Waals surface area contributed by atoms with Gasteiger partial charge in [-0.1, -0.05) is 6.08 Å². The minimum absolute atomic E-state index is 0.182. The molecule has 1 heterocycles. The van der Waals surface area contributed by atoms with Crippen LogP contribution in [-0.4, -0.2) is 55.6 Å². The van der Waals surface area contributed by atoms with Crippen LogP contribution in [-0.2, 0) is 0 Å². The second kappa shape index (κ2) is 4.91. The van der Waals surface area contributed by atoms with E-state index in [0.717, 1.165) is 19.6 Å². The highest BCUT2D eigenvalue weighted by Gasteiger charge is 2.35. The average Bonchev–Trinajstić information content (AvgIpc) is 2.18. The lowest BCUT2D eigenvalue weighted by Gasteiger charge is -2.46. The number of rotatable bonds is 4. The Balaban J connectivity index is 2.63. The van der Waals surface area contributed by atoms with E-state index in [1.54, 1.807) is 0 Å². The molecule has 0 spiro atoms. The highest BCUT2D eigenvalue weighted by Crippen LogP contribution is 2.24. The summed E-state index contributed by atoms with van der Waals surface area (Å²) < 4.78 is 0. The molecular formula is C11H23N3. The van der Waals surface area contributed by atoms with Gasteiger partial charge in [0, 0.05) is 25.2 Å². The highest BCUT2D eigenvalue weighted by molar-refractivity contribution is 4.96. The molecule has 14 heavy (non-hydrogen) atoms. The van der Waals surface area contributed by atoms with Crippen LogP contribution in [0.1, 0.15) is 12.8 Å². The van der Waals surface area contributed by atoms with Crippen molar-refractivity contribution >= 4 is 0 Å². The Morgan fingerprint density at radius 1 is 1.57 bits per heavy atom. The van der Waals surface area contributed by atoms with Gasteiger partial charge in [0.2, 0.25) is 0 Å². The van der Waals surface area contributed by atoms with Crippen LogP contribution in [0.4, 0.5) is 0 Å². The Hall–Kier alpha value is -0.380. The lowest BCUT2D eigenvalue weighted by molar-refractivity contribution is 0.0564. The zero-order valence-corrected chi connectivity index (χ0v) is 9.50. The van der Waals surface area contributed by atoms with Gasteiger partial charge in [-0.25, -0.2) is 0 Å². The first-order chi connectivity index (χ1) is 6.64. The van der Waals surface area contributed by atoms with Crippen LogP contribution in [0.25, 0.3) is 0 Å². The summed E-state index contributed by atoms with van der Waals surface area (Å²) in [5.74, 6) is 0. The summed E-state index contributed by atoms with van der Waals surface area (Å²) in [5.41, 5.74) is 6.09. The second-order valence-corrected chi connectivity index (χ2v) is 4.45. The number of likely N-dealkylation sites (N-methyl/N-ethyl adjacent to an activating group) is 1. The molecule has 1 fully saturated rings. The van der Waals surface area contributed by atoms with Gasteiger partial charge in [-0.2, -0.15) is 0 Å². The maximum absolute atomic E-state index is 5.90. The predicted molar refractivity (Wildman–Crippen MR) is 61.3 cm³/mol. The van der Waals surface area contributed by atoms with Gasteiger partial charge in [0.1, 0.15) is 0 Å². The van der Waals surface area contributed by atoms with Crippen molar-refractivity contribution in [3.8, 4) is 0 Å². The largest absolute Gasteiger partial charge is 0.329 e. The fourth-order valence-corrected chi connectivity index (χ4v) is 2.26. The van der Waals surface area contributed by atoms with Crippen LogP contribution in [0.2, 0.25) is 0 Å². The molecule has 0 radical (unpaired) electrons. The molecule has 0 amide bonds. The number of hydrogen-bond acceptors (Lipinski definition) is 3. The molecule has 0 aromatic heterocycles. The van der Waals surface area contributed by atoms with Crippen LogP contribution in [0.15, 0.2) is 12.7 Å². The molecule has 0 saturated carbocycles. The van der Waals surface area contributed by atoms with Gasteiger partial charge < -0.3 is 10.6 Å². The van der Waals surface area contributed by atoms with E-state index in [2.05, 4.69) is 30.5 Å². The van der Waals surface area contributed by atoms with Crippen molar-refractivity contribution in [3.63, 3.8) is 0 Å². The van der Waals surface area contributed by atoms with Gasteiger partial charge in [0.05, 0.1) is 0 Å². The number of nitrogens with two attached hydrogens (primary N) is 1. The van der Waals surface area contributed by atoms with Crippen molar-refractivity contribution in [2.45, 2.75) is 18.4 Å². The number of nitrogens with zero attached hydrogens (tertiary/aromatic N) is 2. The Bertz CT molecular complexity index is 191. The van der Waals surface area contributed by atoms with Crippen LogP contribution in [0.3, 0.4) is 0 Å². The summed E-state index contributed by atoms with van der Waals surface area (Å²) in [5, 5.41) is 0. The maximum atomic E-state index is 5.90. The fourth-order valence-electron chi connectivity index (χ4n) is 2.26. The zero-order valence-electron chi connectivity index (χ0n) is 9.50. The van der Waals surface area contributed by atoms with Gasteiger partial charge >= 0.3 is 0 Å². The van der Waals surface area contributed by atoms with Gasteiger partial charge in [0.15, 0.2) is 0 Å². The van der Waals surface area contributed by atoms with E-state index in [1.807, 2.05) is 6.08 Å². The Morgan fingerprint density at radius 3 is 2.79 bits per heavy atom. The summed E-state index contributed by atoms with van der Waals surface area (Å²) in [6, 6.07) is 0. The molecule has 1 aliphatic heterocycles. The third-order valence-electron chi connectivity index (χ3n) is 3.35. The molecule has 1 atom stereocenters. The zero-order chi connectivity index (χ0) is 10.6. The average molecular weight is 197 g/mol. The minimum atomic E-state index is 0.182. The quantitative estimate of drug-likeness (QED) is 0.667. The van der Waals surface area contributed by atoms with E-state index >= 15 is 0 Å². The van der Waals surface area contributed by atoms with E-state index in [0.29, 0.717) is 0 Å². The monoisotopic (exact) mass is 197 g/mol. The van der Waals surface area contributed by atoms with Crippen LogP contribution in [0, 0.1) is 0 Å².